The molecule has 0 spiro atoms. The Morgan fingerprint density at radius 1 is 1.42 bits per heavy atom. The third-order valence-corrected chi connectivity index (χ3v) is 4.17. The summed E-state index contributed by atoms with van der Waals surface area (Å²) in [7, 11) is 2.14. The molecule has 0 N–H and O–H groups in total. The van der Waals surface area contributed by atoms with Crippen LogP contribution in [0.3, 0.4) is 0 Å². The summed E-state index contributed by atoms with van der Waals surface area (Å²) in [6, 6.07) is 2.80. The van der Waals surface area contributed by atoms with Crippen molar-refractivity contribution in [3.05, 3.63) is 18.0 Å². The van der Waals surface area contributed by atoms with Crippen molar-refractivity contribution in [2.24, 2.45) is 0 Å². The molecule has 3 nitrogen and oxygen atoms in total. The molecule has 2 rings (SSSR count). The highest BCUT2D eigenvalue weighted by Crippen LogP contribution is 2.27. The molecule has 1 atom stereocenters. The second-order valence-corrected chi connectivity index (χ2v) is 6.63. The lowest BCUT2D eigenvalue weighted by molar-refractivity contribution is 0.305. The van der Waals surface area contributed by atoms with E-state index in [1.807, 2.05) is 6.92 Å². The molecule has 1 saturated carbocycles. The molecule has 0 saturated heterocycles. The predicted octanol–water partition coefficient (Wildman–Crippen LogP) is 3.84. The molecule has 19 heavy (non-hydrogen) atoms. The Hall–Kier alpha value is -0.540. The topological polar surface area (TPSA) is 21.1 Å². The Morgan fingerprint density at radius 2 is 2.16 bits per heavy atom. The minimum Gasteiger partial charge on any atom is -0.300 e. The van der Waals surface area contributed by atoms with E-state index in [1.54, 1.807) is 0 Å². The van der Waals surface area contributed by atoms with E-state index in [4.69, 9.17) is 16.7 Å². The van der Waals surface area contributed by atoms with Crippen LogP contribution in [0.15, 0.2) is 12.3 Å². The van der Waals surface area contributed by atoms with E-state index >= 15 is 0 Å². The fourth-order valence-electron chi connectivity index (χ4n) is 2.76. The minimum atomic E-state index is 0.252. The smallest absolute Gasteiger partial charge is 0.0764 e. The fraction of sp³-hybridized carbons (Fsp3) is 0.800. The van der Waals surface area contributed by atoms with Crippen LogP contribution in [0, 0.1) is 0 Å². The van der Waals surface area contributed by atoms with Gasteiger partial charge in [0.05, 0.1) is 11.7 Å². The summed E-state index contributed by atoms with van der Waals surface area (Å²) in [5.74, 6) is 0. The summed E-state index contributed by atoms with van der Waals surface area (Å²) in [6.45, 7) is 4.00. The van der Waals surface area contributed by atoms with Crippen LogP contribution in [0.2, 0.25) is 0 Å². The number of alkyl halides is 1. The molecule has 1 fully saturated rings. The normalized spacial score (nSPS) is 18.9. The first-order valence-electron chi connectivity index (χ1n) is 7.52. The molecule has 0 aromatic carbocycles. The fourth-order valence-corrected chi connectivity index (χ4v) is 2.86. The van der Waals surface area contributed by atoms with Crippen LogP contribution in [0.5, 0.6) is 0 Å². The molecule has 0 bridgehead atoms. The molecule has 0 aliphatic heterocycles. The minimum absolute atomic E-state index is 0.252. The highest BCUT2D eigenvalue weighted by Gasteiger charge is 2.16. The summed E-state index contributed by atoms with van der Waals surface area (Å²) in [5, 5.41) is 5.00. The van der Waals surface area contributed by atoms with Gasteiger partial charge in [-0.3, -0.25) is 4.68 Å². The molecule has 1 aliphatic rings. The number of halogens is 1. The second-order valence-electron chi connectivity index (χ2n) is 5.89. The van der Waals surface area contributed by atoms with Gasteiger partial charge in [0.1, 0.15) is 0 Å². The highest BCUT2D eigenvalue weighted by molar-refractivity contribution is 6.20. The van der Waals surface area contributed by atoms with Gasteiger partial charge in [0.25, 0.3) is 0 Å². The lowest BCUT2D eigenvalue weighted by atomic mass is 9.96. The second kappa shape index (κ2) is 7.30. The SMILES string of the molecule is CC(Cl)CCN(C)Cc1ccn(C2CCCCC2)n1. The Bertz CT molecular complexity index is 369. The van der Waals surface area contributed by atoms with Gasteiger partial charge >= 0.3 is 0 Å². The van der Waals surface area contributed by atoms with E-state index in [0.29, 0.717) is 6.04 Å². The zero-order valence-corrected chi connectivity index (χ0v) is 12.9. The van der Waals surface area contributed by atoms with Crippen LogP contribution < -0.4 is 0 Å². The summed E-state index contributed by atoms with van der Waals surface area (Å²) < 4.78 is 2.19. The Labute approximate surface area is 121 Å². The molecule has 0 radical (unpaired) electrons. The van der Waals surface area contributed by atoms with Crippen LogP contribution in [0.25, 0.3) is 0 Å². The summed E-state index contributed by atoms with van der Waals surface area (Å²) >= 11 is 5.98. The standard InChI is InChI=1S/C15H26ClN3/c1-13(16)8-10-18(2)12-14-9-11-19(17-14)15-6-4-3-5-7-15/h9,11,13,15H,3-8,10,12H2,1-2H3. The van der Waals surface area contributed by atoms with E-state index in [1.165, 1.54) is 37.8 Å². The monoisotopic (exact) mass is 283 g/mol. The van der Waals surface area contributed by atoms with Crippen molar-refractivity contribution in [2.45, 2.75) is 63.4 Å². The van der Waals surface area contributed by atoms with Crippen LogP contribution >= 0.6 is 11.6 Å². The van der Waals surface area contributed by atoms with E-state index in [2.05, 4.69) is 28.9 Å². The maximum Gasteiger partial charge on any atom is 0.0764 e. The Balaban J connectivity index is 1.82. The quantitative estimate of drug-likeness (QED) is 0.740. The number of hydrogen-bond donors (Lipinski definition) is 0. The molecule has 1 aliphatic carbocycles. The zero-order chi connectivity index (χ0) is 13.7. The average molecular weight is 284 g/mol. The predicted molar refractivity (Wildman–Crippen MR) is 80.6 cm³/mol. The molecule has 1 aromatic rings. The van der Waals surface area contributed by atoms with Crippen molar-refractivity contribution in [1.82, 2.24) is 14.7 Å². The number of aromatic nitrogens is 2. The van der Waals surface area contributed by atoms with Crippen LogP contribution in [0.1, 0.15) is 57.2 Å². The summed E-state index contributed by atoms with van der Waals surface area (Å²) in [4.78, 5) is 2.30. The molecule has 1 heterocycles. The van der Waals surface area contributed by atoms with E-state index in [0.717, 1.165) is 19.5 Å². The molecule has 1 aromatic heterocycles. The Kier molecular flexibility index (Phi) is 5.71. The largest absolute Gasteiger partial charge is 0.300 e. The van der Waals surface area contributed by atoms with E-state index in [9.17, 15) is 0 Å². The van der Waals surface area contributed by atoms with Crippen molar-refractivity contribution < 1.29 is 0 Å². The summed E-state index contributed by atoms with van der Waals surface area (Å²) in [6.07, 6.45) is 9.87. The third kappa shape index (κ3) is 4.81. The van der Waals surface area contributed by atoms with Crippen LogP contribution in [-0.2, 0) is 6.54 Å². The highest BCUT2D eigenvalue weighted by atomic mass is 35.5. The van der Waals surface area contributed by atoms with Crippen molar-refractivity contribution in [3.8, 4) is 0 Å². The van der Waals surface area contributed by atoms with Gasteiger partial charge < -0.3 is 4.90 Å². The van der Waals surface area contributed by atoms with Gasteiger partial charge in [0, 0.05) is 18.1 Å². The first-order valence-corrected chi connectivity index (χ1v) is 7.95. The first kappa shape index (κ1) is 14.9. The van der Waals surface area contributed by atoms with Gasteiger partial charge in [-0.1, -0.05) is 19.3 Å². The molecular weight excluding hydrogens is 258 g/mol. The van der Waals surface area contributed by atoms with E-state index < -0.39 is 0 Å². The Morgan fingerprint density at radius 3 is 2.84 bits per heavy atom. The lowest BCUT2D eigenvalue weighted by Crippen LogP contribution is -2.21. The number of nitrogens with zero attached hydrogens (tertiary/aromatic N) is 3. The zero-order valence-electron chi connectivity index (χ0n) is 12.2. The molecule has 4 heteroatoms. The van der Waals surface area contributed by atoms with Gasteiger partial charge in [-0.25, -0.2) is 0 Å². The maximum absolute atomic E-state index is 5.98. The number of hydrogen-bond acceptors (Lipinski definition) is 2. The molecule has 1 unspecified atom stereocenters. The van der Waals surface area contributed by atoms with Crippen molar-refractivity contribution in [2.75, 3.05) is 13.6 Å². The number of rotatable bonds is 6. The van der Waals surface area contributed by atoms with Gasteiger partial charge in [-0.05, 0) is 45.8 Å². The third-order valence-electron chi connectivity index (χ3n) is 3.95. The average Bonchev–Trinajstić information content (AvgIpc) is 2.86. The van der Waals surface area contributed by atoms with Crippen LogP contribution in [-0.4, -0.2) is 33.6 Å². The van der Waals surface area contributed by atoms with Crippen molar-refractivity contribution in [1.29, 1.82) is 0 Å². The first-order chi connectivity index (χ1) is 9.15. The molecule has 108 valence electrons. The van der Waals surface area contributed by atoms with E-state index in [-0.39, 0.29) is 5.38 Å². The van der Waals surface area contributed by atoms with Gasteiger partial charge in [-0.2, -0.15) is 5.10 Å². The van der Waals surface area contributed by atoms with Crippen molar-refractivity contribution >= 4 is 11.6 Å². The van der Waals surface area contributed by atoms with Crippen LogP contribution in [0.4, 0.5) is 0 Å². The lowest BCUT2D eigenvalue weighted by Gasteiger charge is -2.22. The van der Waals surface area contributed by atoms with Gasteiger partial charge in [0.15, 0.2) is 0 Å². The van der Waals surface area contributed by atoms with Gasteiger partial charge in [-0.15, -0.1) is 11.6 Å². The maximum atomic E-state index is 5.98. The van der Waals surface area contributed by atoms with Gasteiger partial charge in [0.2, 0.25) is 0 Å². The summed E-state index contributed by atoms with van der Waals surface area (Å²) in [5.41, 5.74) is 1.18. The molecule has 0 amide bonds. The molecular formula is C15H26ClN3. The van der Waals surface area contributed by atoms with Crippen molar-refractivity contribution in [3.63, 3.8) is 0 Å².